The summed E-state index contributed by atoms with van der Waals surface area (Å²) in [7, 11) is 0. The van der Waals surface area contributed by atoms with E-state index >= 15 is 0 Å². The third kappa shape index (κ3) is 12500. The molecule has 6 N–H and O–H groups in total. The fourth-order valence-electron chi connectivity index (χ4n) is 0. The van der Waals surface area contributed by atoms with Crippen LogP contribution in [0.15, 0.2) is 0 Å². The first kappa shape index (κ1) is 30.9. The minimum Gasteiger partial charge on any atom is -1.00 e. The van der Waals surface area contributed by atoms with E-state index < -0.39 is 12.0 Å². The number of amidine groups is 2. The van der Waals surface area contributed by atoms with E-state index in [1.54, 1.807) is 0 Å². The van der Waals surface area contributed by atoms with Gasteiger partial charge in [0.25, 0.3) is 0 Å². The molecule has 0 atom stereocenters. The van der Waals surface area contributed by atoms with Crippen LogP contribution in [0.2, 0.25) is 0 Å². The average Bonchev–Trinajstić information content (AvgIpc) is 1.25. The van der Waals surface area contributed by atoms with Crippen molar-refractivity contribution in [2.24, 2.45) is 11.5 Å². The second kappa shape index (κ2) is 22.6. The normalized spacial score (nSPS) is 4.36. The molecular weight excluding hydrogens is 289 g/mol. The molecule has 0 spiro atoms. The number of hydrogen-bond acceptors (Lipinski definition) is 4. The van der Waals surface area contributed by atoms with Crippen molar-refractivity contribution in [1.82, 2.24) is 0 Å². The Balaban J connectivity index is -0.0000000171. The fraction of sp³-hybridized carbons (Fsp3) is 0. The minimum absolute atomic E-state index is 0. The standard InChI is InChI=1S/2CH4N2O.2ClH.Pd/c2*2-1(3)4;;;/h2*(H4,2,3,4);2*1H;/p-4. The van der Waals surface area contributed by atoms with E-state index in [9.17, 15) is 0 Å². The van der Waals surface area contributed by atoms with Crippen LogP contribution in [0.25, 0.3) is 0 Å². The number of hydrogen-bond donors (Lipinski definition) is 4. The molecule has 0 saturated carbocycles. The van der Waals surface area contributed by atoms with Crippen LogP contribution in [0.3, 0.4) is 0 Å². The maximum atomic E-state index is 8.89. The summed E-state index contributed by atoms with van der Waals surface area (Å²) in [5.74, 6) is 0. The molecule has 0 aliphatic carbocycles. The molecule has 74 valence electrons. The second-order valence-corrected chi connectivity index (χ2v) is 0.729. The Morgan fingerprint density at radius 3 is 0.909 bits per heavy atom. The summed E-state index contributed by atoms with van der Waals surface area (Å²) in [5.41, 5.74) is 8.28. The molecule has 0 fully saturated rings. The van der Waals surface area contributed by atoms with Crippen molar-refractivity contribution >= 4 is 12.0 Å². The summed E-state index contributed by atoms with van der Waals surface area (Å²) >= 11 is 0. The van der Waals surface area contributed by atoms with Crippen molar-refractivity contribution < 1.29 is 55.4 Å². The van der Waals surface area contributed by atoms with Gasteiger partial charge in [0.05, 0.1) is 0 Å². The smallest absolute Gasteiger partial charge is 0.0409 e. The Labute approximate surface area is 89.8 Å². The van der Waals surface area contributed by atoms with Gasteiger partial charge in [0.1, 0.15) is 0 Å². The molecule has 0 bridgehead atoms. The van der Waals surface area contributed by atoms with Crippen LogP contribution in [0.4, 0.5) is 0 Å². The van der Waals surface area contributed by atoms with E-state index in [0.717, 1.165) is 0 Å². The van der Waals surface area contributed by atoms with Gasteiger partial charge >= 0.3 is 0 Å². The first-order valence-corrected chi connectivity index (χ1v) is 1.49. The van der Waals surface area contributed by atoms with E-state index in [2.05, 4.69) is 11.5 Å². The Kier molecular flexibility index (Phi) is 63.3. The van der Waals surface area contributed by atoms with Gasteiger partial charge in [0, 0.05) is 32.5 Å². The molecule has 0 rings (SSSR count). The average molecular weight is 295 g/mol. The topological polar surface area (TPSA) is 146 Å². The first-order valence-electron chi connectivity index (χ1n) is 1.49. The predicted molar refractivity (Wildman–Crippen MR) is 23.8 cm³/mol. The maximum absolute atomic E-state index is 8.89. The van der Waals surface area contributed by atoms with Crippen molar-refractivity contribution in [3.63, 3.8) is 0 Å². The zero-order valence-electron chi connectivity index (χ0n) is 5.04. The Morgan fingerprint density at radius 2 is 0.909 bits per heavy atom. The summed E-state index contributed by atoms with van der Waals surface area (Å²) in [4.78, 5) is 0. The SMILES string of the molecule is N=C(N)[O-].N=C(N)[O-].[Cl-].[Cl-].[Pd]. The van der Waals surface area contributed by atoms with Crippen molar-refractivity contribution in [2.45, 2.75) is 0 Å². The van der Waals surface area contributed by atoms with Crippen LogP contribution in [0.5, 0.6) is 0 Å². The fourth-order valence-corrected chi connectivity index (χ4v) is 0. The largest absolute Gasteiger partial charge is 1.00 e. The van der Waals surface area contributed by atoms with Crippen molar-refractivity contribution in [3.05, 3.63) is 0 Å². The van der Waals surface area contributed by atoms with Gasteiger partial charge < -0.3 is 46.5 Å². The predicted octanol–water partition coefficient (Wildman–Crippen LogP) is -9.51. The minimum atomic E-state index is -1.08. The Bertz CT molecular complexity index is 82.1. The van der Waals surface area contributed by atoms with Crippen LogP contribution in [-0.4, -0.2) is 12.0 Å². The van der Waals surface area contributed by atoms with Crippen LogP contribution < -0.4 is 46.5 Å². The molecule has 6 nitrogen and oxygen atoms in total. The molecule has 0 saturated heterocycles. The molecule has 0 heterocycles. The summed E-state index contributed by atoms with van der Waals surface area (Å²) in [6, 6.07) is -2.17. The summed E-state index contributed by atoms with van der Waals surface area (Å²) < 4.78 is 0. The number of rotatable bonds is 0. The zero-order chi connectivity index (χ0) is 7.15. The molecule has 9 heteroatoms. The maximum Gasteiger partial charge on any atom is 0.0409 e. The quantitative estimate of drug-likeness (QED) is 0.200. The molecule has 0 aromatic rings. The van der Waals surface area contributed by atoms with Gasteiger partial charge in [0.15, 0.2) is 0 Å². The molecule has 0 aromatic carbocycles. The second-order valence-electron chi connectivity index (χ2n) is 0.729. The van der Waals surface area contributed by atoms with Crippen molar-refractivity contribution in [1.29, 1.82) is 10.8 Å². The van der Waals surface area contributed by atoms with Gasteiger partial charge in [-0.3, -0.25) is 10.8 Å². The van der Waals surface area contributed by atoms with E-state index in [1.165, 1.54) is 0 Å². The van der Waals surface area contributed by atoms with Gasteiger partial charge in [-0.05, 0) is 0 Å². The first-order chi connectivity index (χ1) is 3.46. The van der Waals surface area contributed by atoms with E-state index in [0.29, 0.717) is 0 Å². The zero-order valence-corrected chi connectivity index (χ0v) is 8.11. The Morgan fingerprint density at radius 1 is 0.909 bits per heavy atom. The summed E-state index contributed by atoms with van der Waals surface area (Å²) in [5, 5.41) is 29.2. The van der Waals surface area contributed by atoms with E-state index in [-0.39, 0.29) is 45.2 Å². The van der Waals surface area contributed by atoms with E-state index in [4.69, 9.17) is 21.0 Å². The molecule has 0 aromatic heterocycles. The molecular formula is C2H6Cl2N4O2Pd-4. The molecule has 0 radical (unpaired) electrons. The molecule has 0 aliphatic heterocycles. The summed E-state index contributed by atoms with van der Waals surface area (Å²) in [6.07, 6.45) is 0. The van der Waals surface area contributed by atoms with Crippen LogP contribution >= 0.6 is 0 Å². The number of nitrogens with one attached hydrogen (secondary N) is 2. The van der Waals surface area contributed by atoms with Gasteiger partial charge in [-0.15, -0.1) is 0 Å². The molecule has 0 unspecified atom stereocenters. The number of halogens is 2. The monoisotopic (exact) mass is 294 g/mol. The Hall–Kier alpha value is -0.218. The molecule has 0 amide bonds. The van der Waals surface area contributed by atoms with Crippen molar-refractivity contribution in [2.75, 3.05) is 0 Å². The van der Waals surface area contributed by atoms with Gasteiger partial charge in [-0.2, -0.15) is 0 Å². The third-order valence-electron chi connectivity index (χ3n) is 0. The molecule has 0 aliphatic rings. The van der Waals surface area contributed by atoms with Gasteiger partial charge in [-0.1, -0.05) is 0 Å². The molecule has 11 heavy (non-hydrogen) atoms. The van der Waals surface area contributed by atoms with Crippen LogP contribution in [-0.2, 0) is 20.4 Å². The van der Waals surface area contributed by atoms with E-state index in [1.807, 2.05) is 0 Å². The van der Waals surface area contributed by atoms with Gasteiger partial charge in [-0.25, -0.2) is 0 Å². The van der Waals surface area contributed by atoms with Crippen LogP contribution in [0.1, 0.15) is 0 Å². The summed E-state index contributed by atoms with van der Waals surface area (Å²) in [6.45, 7) is 0. The van der Waals surface area contributed by atoms with Gasteiger partial charge in [0.2, 0.25) is 0 Å². The van der Waals surface area contributed by atoms with Crippen LogP contribution in [0, 0.1) is 10.8 Å². The third-order valence-corrected chi connectivity index (χ3v) is 0. The number of nitrogens with two attached hydrogens (primary N) is 2. The van der Waals surface area contributed by atoms with Crippen molar-refractivity contribution in [3.8, 4) is 0 Å².